The minimum atomic E-state index is -5.61. The highest BCUT2D eigenvalue weighted by Gasteiger charge is 2.65. The van der Waals surface area contributed by atoms with Gasteiger partial charge in [-0.05, 0) is 38.1 Å². The van der Waals surface area contributed by atoms with E-state index in [1.165, 1.54) is 44.2 Å². The molecular formula is C24H24F6N2O7. The number of esters is 2. The molecule has 1 amide bonds. The fourth-order valence-electron chi connectivity index (χ4n) is 3.32. The first-order chi connectivity index (χ1) is 18.1. The Morgan fingerprint density at radius 3 is 1.90 bits per heavy atom. The Balaban J connectivity index is 2.69. The van der Waals surface area contributed by atoms with Crippen LogP contribution in [0.1, 0.15) is 29.8 Å². The fourth-order valence-corrected chi connectivity index (χ4v) is 3.32. The zero-order valence-electron chi connectivity index (χ0n) is 20.7. The number of methoxy groups -OCH3 is 1. The van der Waals surface area contributed by atoms with Gasteiger partial charge in [-0.1, -0.05) is 24.3 Å². The largest absolute Gasteiger partial charge is 0.495 e. The number of rotatable bonds is 10. The first-order valence-corrected chi connectivity index (χ1v) is 11.1. The number of hydrogen-bond acceptors (Lipinski definition) is 8. The third-order valence-electron chi connectivity index (χ3n) is 5.27. The Bertz CT molecular complexity index is 1190. The van der Waals surface area contributed by atoms with Crippen LogP contribution in [0.2, 0.25) is 0 Å². The molecule has 0 spiro atoms. The summed E-state index contributed by atoms with van der Waals surface area (Å²) in [5, 5.41) is 13.6. The first kappa shape index (κ1) is 31.2. The van der Waals surface area contributed by atoms with Gasteiger partial charge in [0.2, 0.25) is 0 Å². The number of amides is 1. The summed E-state index contributed by atoms with van der Waals surface area (Å²) in [5.41, 5.74) is -10.3. The standard InChI is InChI=1S/C24H24F6N2O7/c1-4-38-19(34)21(36,23(25,26)27)15-11-12-16(17(13-15)37-3)31-22(24(28,29)30,20(35)39-5-2)32-18(33)14-9-7-6-8-10-14/h6-13,31,36H,4-5H2,1-3H3,(H,32,33)/t21-,22-/m1/s1. The number of ether oxygens (including phenoxy) is 3. The van der Waals surface area contributed by atoms with Crippen LogP contribution < -0.4 is 15.4 Å². The van der Waals surface area contributed by atoms with E-state index in [2.05, 4.69) is 9.47 Å². The van der Waals surface area contributed by atoms with Crippen LogP contribution in [0.3, 0.4) is 0 Å². The van der Waals surface area contributed by atoms with Crippen LogP contribution in [0.15, 0.2) is 48.5 Å². The van der Waals surface area contributed by atoms with Gasteiger partial charge in [0.25, 0.3) is 11.5 Å². The Labute approximate surface area is 218 Å². The van der Waals surface area contributed by atoms with Gasteiger partial charge in [0.15, 0.2) is 0 Å². The number of hydrogen-bond donors (Lipinski definition) is 3. The molecule has 2 atom stereocenters. The zero-order chi connectivity index (χ0) is 29.6. The molecule has 9 nitrogen and oxygen atoms in total. The van der Waals surface area contributed by atoms with Gasteiger partial charge in [-0.3, -0.25) is 4.79 Å². The highest BCUT2D eigenvalue weighted by molar-refractivity contribution is 5.99. The molecular weight excluding hydrogens is 542 g/mol. The maximum Gasteiger partial charge on any atom is 0.441 e. The molecule has 0 aliphatic rings. The lowest BCUT2D eigenvalue weighted by atomic mass is 9.92. The minimum absolute atomic E-state index is 0.260. The van der Waals surface area contributed by atoms with Gasteiger partial charge < -0.3 is 30.0 Å². The third-order valence-corrected chi connectivity index (χ3v) is 5.27. The lowest BCUT2D eigenvalue weighted by molar-refractivity contribution is -0.267. The highest BCUT2D eigenvalue weighted by atomic mass is 19.4. The highest BCUT2D eigenvalue weighted by Crippen LogP contribution is 2.43. The number of alkyl halides is 6. The van der Waals surface area contributed by atoms with Crippen molar-refractivity contribution >= 4 is 23.5 Å². The van der Waals surface area contributed by atoms with Crippen LogP contribution in [0.25, 0.3) is 0 Å². The molecule has 0 bridgehead atoms. The van der Waals surface area contributed by atoms with Crippen molar-refractivity contribution in [2.24, 2.45) is 0 Å². The number of carbonyl (C=O) groups is 3. The van der Waals surface area contributed by atoms with E-state index in [-0.39, 0.29) is 5.56 Å². The summed E-state index contributed by atoms with van der Waals surface area (Å²) >= 11 is 0. The van der Waals surface area contributed by atoms with Crippen molar-refractivity contribution in [2.45, 2.75) is 37.5 Å². The van der Waals surface area contributed by atoms with Gasteiger partial charge in [0, 0.05) is 11.1 Å². The third kappa shape index (κ3) is 6.19. The van der Waals surface area contributed by atoms with Gasteiger partial charge in [0.05, 0.1) is 26.0 Å². The van der Waals surface area contributed by atoms with Crippen molar-refractivity contribution < 1.29 is 60.0 Å². The van der Waals surface area contributed by atoms with Crippen molar-refractivity contribution in [2.75, 3.05) is 25.6 Å². The summed E-state index contributed by atoms with van der Waals surface area (Å²) in [5.74, 6) is -6.21. The van der Waals surface area contributed by atoms with E-state index in [4.69, 9.17) is 4.74 Å². The molecule has 0 saturated heterocycles. The maximum absolute atomic E-state index is 14.5. The summed E-state index contributed by atoms with van der Waals surface area (Å²) in [6.07, 6.45) is -11.2. The summed E-state index contributed by atoms with van der Waals surface area (Å²) in [7, 11) is 0.865. The zero-order valence-corrected chi connectivity index (χ0v) is 20.7. The lowest BCUT2D eigenvalue weighted by Crippen LogP contribution is -2.69. The van der Waals surface area contributed by atoms with Crippen LogP contribution in [0, 0.1) is 0 Å². The number of nitrogens with one attached hydrogen (secondary N) is 2. The quantitative estimate of drug-likeness (QED) is 0.226. The maximum atomic E-state index is 14.5. The lowest BCUT2D eigenvalue weighted by Gasteiger charge is -2.36. The smallest absolute Gasteiger partial charge is 0.441 e. The van der Waals surface area contributed by atoms with Crippen LogP contribution in [0.4, 0.5) is 32.0 Å². The second-order valence-corrected chi connectivity index (χ2v) is 7.76. The van der Waals surface area contributed by atoms with E-state index in [0.717, 1.165) is 7.11 Å². The summed E-state index contributed by atoms with van der Waals surface area (Å²) in [4.78, 5) is 37.5. The van der Waals surface area contributed by atoms with E-state index < -0.39 is 71.7 Å². The molecule has 2 rings (SSSR count). The molecule has 0 aromatic heterocycles. The molecule has 15 heteroatoms. The molecule has 0 saturated carbocycles. The average molecular weight is 566 g/mol. The number of halogens is 6. The molecule has 2 aromatic rings. The molecule has 3 N–H and O–H groups in total. The van der Waals surface area contributed by atoms with E-state index in [9.17, 15) is 45.8 Å². The molecule has 0 radical (unpaired) electrons. The van der Waals surface area contributed by atoms with Crippen LogP contribution in [0.5, 0.6) is 5.75 Å². The molecule has 0 aliphatic carbocycles. The molecule has 0 heterocycles. The number of aliphatic hydroxyl groups is 1. The summed E-state index contributed by atoms with van der Waals surface area (Å²) in [6.45, 7) is 1.34. The predicted octanol–water partition coefficient (Wildman–Crippen LogP) is 3.67. The van der Waals surface area contributed by atoms with E-state index in [1.807, 2.05) is 0 Å². The van der Waals surface area contributed by atoms with Crippen molar-refractivity contribution in [3.05, 3.63) is 59.7 Å². The van der Waals surface area contributed by atoms with Crippen molar-refractivity contribution in [1.29, 1.82) is 0 Å². The summed E-state index contributed by atoms with van der Waals surface area (Å²) < 4.78 is 98.6. The van der Waals surface area contributed by atoms with E-state index in [1.54, 1.807) is 10.6 Å². The van der Waals surface area contributed by atoms with Gasteiger partial charge >= 0.3 is 30.0 Å². The Hall–Kier alpha value is -4.01. The second kappa shape index (κ2) is 11.8. The molecule has 2 aromatic carbocycles. The van der Waals surface area contributed by atoms with Gasteiger partial charge in [-0.2, -0.15) is 26.3 Å². The van der Waals surface area contributed by atoms with Crippen LogP contribution in [-0.2, 0) is 24.7 Å². The van der Waals surface area contributed by atoms with Gasteiger partial charge in [-0.25, -0.2) is 9.59 Å². The number of anilines is 1. The SMILES string of the molecule is CCOC(=O)[C@](NC(=O)c1ccccc1)(Nc1ccc([C@@](O)(C(=O)OCC)C(F)(F)F)cc1OC)C(F)(F)F. The number of carbonyl (C=O) groups excluding carboxylic acids is 3. The van der Waals surface area contributed by atoms with E-state index >= 15 is 0 Å². The Morgan fingerprint density at radius 1 is 0.846 bits per heavy atom. The first-order valence-electron chi connectivity index (χ1n) is 11.1. The monoisotopic (exact) mass is 566 g/mol. The number of benzene rings is 2. The topological polar surface area (TPSA) is 123 Å². The molecule has 0 aliphatic heterocycles. The molecule has 0 unspecified atom stereocenters. The van der Waals surface area contributed by atoms with Crippen LogP contribution >= 0.6 is 0 Å². The van der Waals surface area contributed by atoms with Gasteiger partial charge in [-0.15, -0.1) is 0 Å². The van der Waals surface area contributed by atoms with Crippen molar-refractivity contribution in [3.63, 3.8) is 0 Å². The van der Waals surface area contributed by atoms with Crippen LogP contribution in [-0.4, -0.2) is 61.3 Å². The van der Waals surface area contributed by atoms with Gasteiger partial charge in [0.1, 0.15) is 5.75 Å². The van der Waals surface area contributed by atoms with E-state index in [0.29, 0.717) is 18.2 Å². The summed E-state index contributed by atoms with van der Waals surface area (Å²) in [6, 6.07) is 8.03. The second-order valence-electron chi connectivity index (χ2n) is 7.76. The Morgan fingerprint density at radius 2 is 1.41 bits per heavy atom. The Kier molecular flexibility index (Phi) is 9.44. The average Bonchev–Trinajstić information content (AvgIpc) is 2.87. The normalized spacial score (nSPS) is 14.8. The predicted molar refractivity (Wildman–Crippen MR) is 123 cm³/mol. The molecule has 214 valence electrons. The van der Waals surface area contributed by atoms with Crippen molar-refractivity contribution in [1.82, 2.24) is 5.32 Å². The minimum Gasteiger partial charge on any atom is -0.495 e. The fraction of sp³-hybridized carbons (Fsp3) is 0.375. The molecule has 0 fully saturated rings. The molecule has 39 heavy (non-hydrogen) atoms. The van der Waals surface area contributed by atoms with Crippen molar-refractivity contribution in [3.8, 4) is 5.75 Å².